The minimum atomic E-state index is -0.492. The number of nitro benzene ring substituents is 1. The van der Waals surface area contributed by atoms with Crippen LogP contribution in [0, 0.1) is 10.1 Å². The molecule has 1 saturated heterocycles. The van der Waals surface area contributed by atoms with Gasteiger partial charge in [-0.1, -0.05) is 25.0 Å². The number of nitrogen functional groups attached to an aromatic ring is 1. The topological polar surface area (TPSA) is 89.5 Å². The molecule has 1 aliphatic rings. The third kappa shape index (κ3) is 3.26. The molecule has 6 nitrogen and oxygen atoms in total. The molecule has 0 saturated carbocycles. The highest BCUT2D eigenvalue weighted by molar-refractivity contribution is 5.76. The second kappa shape index (κ2) is 6.36. The van der Waals surface area contributed by atoms with Crippen molar-refractivity contribution in [2.45, 2.75) is 38.6 Å². The van der Waals surface area contributed by atoms with E-state index in [0.29, 0.717) is 25.1 Å². The van der Waals surface area contributed by atoms with Crippen LogP contribution in [0.15, 0.2) is 18.2 Å². The Kier molecular flexibility index (Phi) is 4.55. The summed E-state index contributed by atoms with van der Waals surface area (Å²) in [4.78, 5) is 24.2. The standard InChI is InChI=1S/C14H19N3O3/c15-14-11(6-5-7-12(14)17(19)20)10-16-9-4-2-1-3-8-13(16)18/h5-7H,1-4,8-10,15H2. The number of hydrogen-bond donors (Lipinski definition) is 1. The van der Waals surface area contributed by atoms with Gasteiger partial charge in [-0.05, 0) is 12.8 Å². The summed E-state index contributed by atoms with van der Waals surface area (Å²) >= 11 is 0. The number of benzene rings is 1. The van der Waals surface area contributed by atoms with Gasteiger partial charge in [0.25, 0.3) is 5.69 Å². The third-order valence-corrected chi connectivity index (χ3v) is 3.65. The lowest BCUT2D eigenvalue weighted by Crippen LogP contribution is -2.32. The van der Waals surface area contributed by atoms with Gasteiger partial charge in [-0.15, -0.1) is 0 Å². The maximum absolute atomic E-state index is 12.1. The van der Waals surface area contributed by atoms with E-state index in [9.17, 15) is 14.9 Å². The fraction of sp³-hybridized carbons (Fsp3) is 0.500. The number of para-hydroxylation sites is 1. The van der Waals surface area contributed by atoms with E-state index in [1.54, 1.807) is 17.0 Å². The molecule has 0 aliphatic carbocycles. The maximum Gasteiger partial charge on any atom is 0.292 e. The van der Waals surface area contributed by atoms with Crippen molar-refractivity contribution < 1.29 is 9.72 Å². The Hall–Kier alpha value is -2.11. The molecule has 1 aromatic rings. The number of rotatable bonds is 3. The molecule has 1 heterocycles. The van der Waals surface area contributed by atoms with E-state index >= 15 is 0 Å². The van der Waals surface area contributed by atoms with Crippen LogP contribution in [0.2, 0.25) is 0 Å². The van der Waals surface area contributed by atoms with Crippen LogP contribution in [0.1, 0.15) is 37.7 Å². The summed E-state index contributed by atoms with van der Waals surface area (Å²) in [5.41, 5.74) is 6.55. The Morgan fingerprint density at radius 2 is 2.00 bits per heavy atom. The molecule has 108 valence electrons. The van der Waals surface area contributed by atoms with Crippen LogP contribution in [-0.2, 0) is 11.3 Å². The number of nitrogens with zero attached hydrogens (tertiary/aromatic N) is 2. The average molecular weight is 277 g/mol. The molecule has 0 bridgehead atoms. The quantitative estimate of drug-likeness (QED) is 0.522. The molecule has 6 heteroatoms. The van der Waals surface area contributed by atoms with Crippen molar-refractivity contribution in [3.05, 3.63) is 33.9 Å². The molecule has 1 aliphatic heterocycles. The fourth-order valence-corrected chi connectivity index (χ4v) is 2.48. The SMILES string of the molecule is Nc1c(CN2CCCCCCC2=O)cccc1[N+](=O)[O-]. The number of amides is 1. The van der Waals surface area contributed by atoms with Crippen LogP contribution in [0.5, 0.6) is 0 Å². The summed E-state index contributed by atoms with van der Waals surface area (Å²) in [5, 5.41) is 10.9. The van der Waals surface area contributed by atoms with Gasteiger partial charge in [0.2, 0.25) is 5.91 Å². The minimum absolute atomic E-state index is 0.0954. The number of carbonyl (C=O) groups is 1. The number of hydrogen-bond acceptors (Lipinski definition) is 4. The predicted molar refractivity (Wildman–Crippen MR) is 76.0 cm³/mol. The molecule has 1 fully saturated rings. The predicted octanol–water partition coefficient (Wildman–Crippen LogP) is 2.47. The van der Waals surface area contributed by atoms with Gasteiger partial charge in [-0.3, -0.25) is 14.9 Å². The van der Waals surface area contributed by atoms with Gasteiger partial charge in [0.05, 0.1) is 4.92 Å². The minimum Gasteiger partial charge on any atom is -0.393 e. The molecule has 0 radical (unpaired) electrons. The number of nitrogens with two attached hydrogens (primary N) is 1. The van der Waals surface area contributed by atoms with Gasteiger partial charge in [0, 0.05) is 31.1 Å². The lowest BCUT2D eigenvalue weighted by molar-refractivity contribution is -0.384. The summed E-state index contributed by atoms with van der Waals surface area (Å²) < 4.78 is 0. The number of anilines is 1. The Labute approximate surface area is 117 Å². The Balaban J connectivity index is 2.17. The summed E-state index contributed by atoms with van der Waals surface area (Å²) in [6.45, 7) is 1.05. The van der Waals surface area contributed by atoms with Crippen molar-refractivity contribution in [1.82, 2.24) is 4.90 Å². The van der Waals surface area contributed by atoms with Crippen LogP contribution < -0.4 is 5.73 Å². The van der Waals surface area contributed by atoms with E-state index in [2.05, 4.69) is 0 Å². The fourth-order valence-electron chi connectivity index (χ4n) is 2.48. The summed E-state index contributed by atoms with van der Waals surface area (Å²) in [6.07, 6.45) is 4.65. The summed E-state index contributed by atoms with van der Waals surface area (Å²) in [7, 11) is 0. The maximum atomic E-state index is 12.1. The molecule has 20 heavy (non-hydrogen) atoms. The molecule has 2 rings (SSSR count). The molecular weight excluding hydrogens is 258 g/mol. The molecule has 1 amide bonds. The zero-order valence-electron chi connectivity index (χ0n) is 11.4. The van der Waals surface area contributed by atoms with E-state index in [4.69, 9.17) is 5.73 Å². The molecular formula is C14H19N3O3. The second-order valence-electron chi connectivity index (χ2n) is 5.09. The number of likely N-dealkylation sites (tertiary alicyclic amines) is 1. The van der Waals surface area contributed by atoms with Crippen molar-refractivity contribution >= 4 is 17.3 Å². The number of nitro groups is 1. The van der Waals surface area contributed by atoms with Gasteiger partial charge < -0.3 is 10.6 Å². The van der Waals surface area contributed by atoms with Crippen molar-refractivity contribution in [2.75, 3.05) is 12.3 Å². The summed E-state index contributed by atoms with van der Waals surface area (Å²) in [5.74, 6) is 0.107. The Morgan fingerprint density at radius 3 is 2.75 bits per heavy atom. The van der Waals surface area contributed by atoms with E-state index in [-0.39, 0.29) is 17.3 Å². The highest BCUT2D eigenvalue weighted by Gasteiger charge is 2.20. The molecule has 0 unspecified atom stereocenters. The first-order chi connectivity index (χ1) is 9.59. The zero-order valence-corrected chi connectivity index (χ0v) is 11.4. The lowest BCUT2D eigenvalue weighted by Gasteiger charge is -2.25. The van der Waals surface area contributed by atoms with Crippen LogP contribution in [0.4, 0.5) is 11.4 Å². The van der Waals surface area contributed by atoms with Gasteiger partial charge in [-0.2, -0.15) is 0 Å². The van der Waals surface area contributed by atoms with E-state index < -0.39 is 4.92 Å². The van der Waals surface area contributed by atoms with Crippen LogP contribution in [0.3, 0.4) is 0 Å². The molecule has 2 N–H and O–H groups in total. The monoisotopic (exact) mass is 277 g/mol. The zero-order chi connectivity index (χ0) is 14.5. The van der Waals surface area contributed by atoms with Gasteiger partial charge in [0.15, 0.2) is 0 Å². The number of carbonyl (C=O) groups excluding carboxylic acids is 1. The molecule has 0 aromatic heterocycles. The second-order valence-corrected chi connectivity index (χ2v) is 5.09. The first-order valence-electron chi connectivity index (χ1n) is 6.89. The Bertz CT molecular complexity index is 516. The third-order valence-electron chi connectivity index (χ3n) is 3.65. The first kappa shape index (κ1) is 14.3. The first-order valence-corrected chi connectivity index (χ1v) is 6.89. The van der Waals surface area contributed by atoms with E-state index in [1.165, 1.54) is 6.07 Å². The molecule has 0 atom stereocenters. The van der Waals surface area contributed by atoms with E-state index in [0.717, 1.165) is 25.7 Å². The average Bonchev–Trinajstić information content (AvgIpc) is 2.40. The van der Waals surface area contributed by atoms with Crippen molar-refractivity contribution in [2.24, 2.45) is 0 Å². The van der Waals surface area contributed by atoms with Gasteiger partial charge >= 0.3 is 0 Å². The highest BCUT2D eigenvalue weighted by Crippen LogP contribution is 2.26. The Morgan fingerprint density at radius 1 is 1.25 bits per heavy atom. The van der Waals surface area contributed by atoms with Crippen molar-refractivity contribution in [3.63, 3.8) is 0 Å². The van der Waals surface area contributed by atoms with Crippen molar-refractivity contribution in [3.8, 4) is 0 Å². The lowest BCUT2D eigenvalue weighted by atomic mass is 10.1. The summed E-state index contributed by atoms with van der Waals surface area (Å²) in [6, 6.07) is 4.74. The van der Waals surface area contributed by atoms with E-state index in [1.807, 2.05) is 0 Å². The normalized spacial score (nSPS) is 16.6. The highest BCUT2D eigenvalue weighted by atomic mass is 16.6. The largest absolute Gasteiger partial charge is 0.393 e. The van der Waals surface area contributed by atoms with Crippen molar-refractivity contribution in [1.29, 1.82) is 0 Å². The van der Waals surface area contributed by atoms with Crippen LogP contribution in [0.25, 0.3) is 0 Å². The van der Waals surface area contributed by atoms with Gasteiger partial charge in [-0.25, -0.2) is 0 Å². The smallest absolute Gasteiger partial charge is 0.292 e. The van der Waals surface area contributed by atoms with Crippen LogP contribution in [-0.4, -0.2) is 22.3 Å². The molecule has 0 spiro atoms. The molecule has 1 aromatic carbocycles. The van der Waals surface area contributed by atoms with Crippen LogP contribution >= 0.6 is 0 Å². The van der Waals surface area contributed by atoms with Gasteiger partial charge in [0.1, 0.15) is 5.69 Å².